The van der Waals surface area contributed by atoms with Crippen LogP contribution in [0.15, 0.2) is 18.2 Å². The van der Waals surface area contributed by atoms with E-state index in [0.29, 0.717) is 27.6 Å². The first-order valence-corrected chi connectivity index (χ1v) is 10.1. The summed E-state index contributed by atoms with van der Waals surface area (Å²) in [5, 5.41) is 3.45. The molecule has 1 aliphatic rings. The van der Waals surface area contributed by atoms with Gasteiger partial charge in [0.1, 0.15) is 16.5 Å². The van der Waals surface area contributed by atoms with Gasteiger partial charge in [-0.25, -0.2) is 4.79 Å². The van der Waals surface area contributed by atoms with Crippen molar-refractivity contribution in [2.75, 3.05) is 19.5 Å². The fourth-order valence-electron chi connectivity index (χ4n) is 3.30. The Morgan fingerprint density at radius 3 is 2.54 bits per heavy atom. The number of thiophene rings is 1. The Kier molecular flexibility index (Phi) is 6.24. The predicted octanol–water partition coefficient (Wildman–Crippen LogP) is 4.46. The van der Waals surface area contributed by atoms with E-state index in [1.165, 1.54) is 18.4 Å². The number of amides is 1. The van der Waals surface area contributed by atoms with Gasteiger partial charge in [0, 0.05) is 10.9 Å². The molecule has 0 unspecified atom stereocenters. The lowest BCUT2D eigenvalue weighted by Crippen LogP contribution is -2.18. The fraction of sp³-hybridized carbons (Fsp3) is 0.429. The molecule has 0 bridgehead atoms. The van der Waals surface area contributed by atoms with Crippen LogP contribution in [0.1, 0.15) is 57.8 Å². The van der Waals surface area contributed by atoms with Crippen molar-refractivity contribution in [3.8, 4) is 11.5 Å². The van der Waals surface area contributed by atoms with Gasteiger partial charge in [-0.05, 0) is 57.2 Å². The number of rotatable bonds is 6. The molecule has 1 heterocycles. The molecule has 0 atom stereocenters. The molecule has 6 nitrogen and oxygen atoms in total. The molecule has 1 amide bonds. The third kappa shape index (κ3) is 4.14. The van der Waals surface area contributed by atoms with Gasteiger partial charge in [-0.1, -0.05) is 0 Å². The topological polar surface area (TPSA) is 73.9 Å². The smallest absolute Gasteiger partial charge is 0.341 e. The highest BCUT2D eigenvalue weighted by molar-refractivity contribution is 7.17. The summed E-state index contributed by atoms with van der Waals surface area (Å²) in [4.78, 5) is 26.8. The number of carbonyl (C=O) groups excluding carboxylic acids is 2. The molecule has 0 radical (unpaired) electrons. The molecule has 0 saturated carbocycles. The highest BCUT2D eigenvalue weighted by Crippen LogP contribution is 2.39. The number of methoxy groups -OCH3 is 2. The lowest BCUT2D eigenvalue weighted by atomic mass is 9.95. The van der Waals surface area contributed by atoms with E-state index in [9.17, 15) is 9.59 Å². The van der Waals surface area contributed by atoms with Gasteiger partial charge in [0.2, 0.25) is 0 Å². The molecular weight excluding hydrogens is 378 g/mol. The van der Waals surface area contributed by atoms with Crippen LogP contribution in [0.2, 0.25) is 0 Å². The molecule has 0 aliphatic heterocycles. The second-order valence-electron chi connectivity index (χ2n) is 6.89. The lowest BCUT2D eigenvalue weighted by Gasteiger charge is -2.14. The third-order valence-corrected chi connectivity index (χ3v) is 5.81. The van der Waals surface area contributed by atoms with E-state index in [4.69, 9.17) is 14.2 Å². The van der Waals surface area contributed by atoms with Crippen molar-refractivity contribution in [3.63, 3.8) is 0 Å². The molecule has 1 aromatic heterocycles. The van der Waals surface area contributed by atoms with Gasteiger partial charge in [-0.2, -0.15) is 0 Å². The number of benzene rings is 1. The van der Waals surface area contributed by atoms with Crippen molar-refractivity contribution in [3.05, 3.63) is 39.8 Å². The number of hydrogen-bond acceptors (Lipinski definition) is 6. The molecule has 28 heavy (non-hydrogen) atoms. The quantitative estimate of drug-likeness (QED) is 0.721. The van der Waals surface area contributed by atoms with E-state index >= 15 is 0 Å². The molecule has 0 spiro atoms. The minimum absolute atomic E-state index is 0.225. The van der Waals surface area contributed by atoms with E-state index < -0.39 is 0 Å². The Morgan fingerprint density at radius 2 is 1.86 bits per heavy atom. The Morgan fingerprint density at radius 1 is 1.11 bits per heavy atom. The molecule has 150 valence electrons. The second-order valence-corrected chi connectivity index (χ2v) is 7.99. The average Bonchev–Trinajstić information content (AvgIpc) is 3.04. The maximum Gasteiger partial charge on any atom is 0.341 e. The van der Waals surface area contributed by atoms with Crippen molar-refractivity contribution in [1.29, 1.82) is 0 Å². The largest absolute Gasteiger partial charge is 0.497 e. The van der Waals surface area contributed by atoms with Gasteiger partial charge in [0.05, 0.1) is 31.5 Å². The van der Waals surface area contributed by atoms with Crippen LogP contribution in [0, 0.1) is 0 Å². The van der Waals surface area contributed by atoms with Gasteiger partial charge >= 0.3 is 5.97 Å². The van der Waals surface area contributed by atoms with Gasteiger partial charge in [0.15, 0.2) is 0 Å². The Balaban J connectivity index is 1.94. The Bertz CT molecular complexity index is 887. The van der Waals surface area contributed by atoms with Crippen LogP contribution in [0.4, 0.5) is 5.00 Å². The van der Waals surface area contributed by atoms with Gasteiger partial charge in [-0.15, -0.1) is 11.3 Å². The van der Waals surface area contributed by atoms with Crippen LogP contribution in [-0.2, 0) is 17.6 Å². The number of aryl methyl sites for hydroxylation is 1. The summed E-state index contributed by atoms with van der Waals surface area (Å²) in [5.41, 5.74) is 1.88. The Labute approximate surface area is 168 Å². The summed E-state index contributed by atoms with van der Waals surface area (Å²) in [5.74, 6) is 0.286. The number of anilines is 1. The van der Waals surface area contributed by atoms with Crippen molar-refractivity contribution < 1.29 is 23.8 Å². The van der Waals surface area contributed by atoms with Gasteiger partial charge in [0.25, 0.3) is 5.91 Å². The summed E-state index contributed by atoms with van der Waals surface area (Å²) in [6.07, 6.45) is 3.65. The number of esters is 1. The van der Waals surface area contributed by atoms with Crippen LogP contribution < -0.4 is 14.8 Å². The fourth-order valence-corrected chi connectivity index (χ4v) is 4.57. The van der Waals surface area contributed by atoms with Crippen LogP contribution >= 0.6 is 11.3 Å². The van der Waals surface area contributed by atoms with Crippen molar-refractivity contribution in [2.45, 2.75) is 45.6 Å². The van der Waals surface area contributed by atoms with Crippen LogP contribution in [-0.4, -0.2) is 32.2 Å². The molecule has 2 aromatic rings. The summed E-state index contributed by atoms with van der Waals surface area (Å²) in [6.45, 7) is 3.63. The minimum atomic E-state index is -0.383. The highest BCUT2D eigenvalue weighted by Gasteiger charge is 2.28. The maximum atomic E-state index is 12.9. The van der Waals surface area contributed by atoms with Crippen LogP contribution in [0.5, 0.6) is 11.5 Å². The SMILES string of the molecule is COc1ccc(C(=O)Nc2sc3c(c2C(=O)OC(C)C)CCCC3)c(OC)c1. The average molecular weight is 404 g/mol. The lowest BCUT2D eigenvalue weighted by molar-refractivity contribution is 0.0378. The van der Waals surface area contributed by atoms with E-state index in [2.05, 4.69) is 5.32 Å². The summed E-state index contributed by atoms with van der Waals surface area (Å²) >= 11 is 1.46. The standard InChI is InChI=1S/C21H25NO5S/c1-12(2)27-21(24)18-15-7-5-6-8-17(15)28-20(18)22-19(23)14-10-9-13(25-3)11-16(14)26-4/h9-12H,5-8H2,1-4H3,(H,22,23). The number of hydrogen-bond donors (Lipinski definition) is 1. The molecule has 1 aliphatic carbocycles. The number of nitrogens with one attached hydrogen (secondary N) is 1. The molecule has 0 saturated heterocycles. The van der Waals surface area contributed by atoms with E-state index in [1.807, 2.05) is 13.8 Å². The predicted molar refractivity (Wildman–Crippen MR) is 109 cm³/mol. The summed E-state index contributed by atoms with van der Waals surface area (Å²) in [6, 6.07) is 5.00. The van der Waals surface area contributed by atoms with E-state index in [-0.39, 0.29) is 18.0 Å². The highest BCUT2D eigenvalue weighted by atomic mass is 32.1. The second kappa shape index (κ2) is 8.65. The monoisotopic (exact) mass is 403 g/mol. The molecule has 3 rings (SSSR count). The Hall–Kier alpha value is -2.54. The first-order valence-electron chi connectivity index (χ1n) is 9.33. The molecule has 1 N–H and O–H groups in total. The van der Waals surface area contributed by atoms with Crippen molar-refractivity contribution in [1.82, 2.24) is 0 Å². The maximum absolute atomic E-state index is 12.9. The normalized spacial score (nSPS) is 13.0. The number of fused-ring (bicyclic) bond motifs is 1. The van der Waals surface area contributed by atoms with Crippen LogP contribution in [0.3, 0.4) is 0 Å². The minimum Gasteiger partial charge on any atom is -0.497 e. The molecule has 7 heteroatoms. The molecular formula is C21H25NO5S. The molecule has 0 fully saturated rings. The zero-order chi connectivity index (χ0) is 20.3. The van der Waals surface area contributed by atoms with Gasteiger partial charge < -0.3 is 19.5 Å². The number of carbonyl (C=O) groups is 2. The van der Waals surface area contributed by atoms with E-state index in [1.54, 1.807) is 25.3 Å². The van der Waals surface area contributed by atoms with Gasteiger partial charge in [-0.3, -0.25) is 4.79 Å². The third-order valence-electron chi connectivity index (χ3n) is 4.60. The first-order chi connectivity index (χ1) is 13.4. The zero-order valence-electron chi connectivity index (χ0n) is 16.6. The van der Waals surface area contributed by atoms with Crippen molar-refractivity contribution in [2.24, 2.45) is 0 Å². The summed E-state index contributed by atoms with van der Waals surface area (Å²) in [7, 11) is 3.05. The number of ether oxygens (including phenoxy) is 3. The van der Waals surface area contributed by atoms with Crippen LogP contribution in [0.25, 0.3) is 0 Å². The summed E-state index contributed by atoms with van der Waals surface area (Å²) < 4.78 is 15.9. The molecule has 1 aromatic carbocycles. The van der Waals surface area contributed by atoms with E-state index in [0.717, 1.165) is 36.1 Å². The zero-order valence-corrected chi connectivity index (χ0v) is 17.4. The van der Waals surface area contributed by atoms with Crippen molar-refractivity contribution >= 4 is 28.2 Å². The first kappa shape index (κ1) is 20.2.